The van der Waals surface area contributed by atoms with Crippen LogP contribution in [0.25, 0.3) is 27.2 Å². The van der Waals surface area contributed by atoms with Gasteiger partial charge < -0.3 is 0 Å². The Bertz CT molecular complexity index is 1350. The molecule has 0 N–H and O–H groups in total. The normalized spacial score (nSPS) is 17.3. The Hall–Kier alpha value is -3.66. The summed E-state index contributed by atoms with van der Waals surface area (Å²) in [7, 11) is 0. The summed E-state index contributed by atoms with van der Waals surface area (Å²) in [6, 6.07) is 21.6. The van der Waals surface area contributed by atoms with Crippen LogP contribution in [0.15, 0.2) is 78.5 Å². The Morgan fingerprint density at radius 1 is 0.867 bits per heavy atom. The molecule has 2 aromatic heterocycles. The van der Waals surface area contributed by atoms with Gasteiger partial charge in [0.2, 0.25) is 0 Å². The van der Waals surface area contributed by atoms with Crippen molar-refractivity contribution in [2.75, 3.05) is 0 Å². The summed E-state index contributed by atoms with van der Waals surface area (Å²) in [5, 5.41) is 3.12. The quantitative estimate of drug-likeness (QED) is 0.276. The van der Waals surface area contributed by atoms with Crippen molar-refractivity contribution in [2.24, 2.45) is 5.92 Å². The molecule has 2 aromatic carbocycles. The second-order valence-corrected chi connectivity index (χ2v) is 7.84. The topological polar surface area (TPSA) is 59.9 Å². The first-order valence-corrected chi connectivity index (χ1v) is 10.0. The van der Waals surface area contributed by atoms with E-state index >= 15 is 0 Å². The van der Waals surface area contributed by atoms with Crippen LogP contribution < -0.4 is 0 Å². The summed E-state index contributed by atoms with van der Waals surface area (Å²) in [5.41, 5.74) is 3.20. The van der Waals surface area contributed by atoms with Gasteiger partial charge in [-0.05, 0) is 36.1 Å². The van der Waals surface area contributed by atoms with Gasteiger partial charge in [-0.1, -0.05) is 55.5 Å². The standard InChI is InChI=1S/C26H20N2O2/c1-15(20-12-11-17-7-5-6-10-21(17)28-20)23-25(29)24(26(23)30)16(2)22-13-18-8-3-4-9-19(18)14-27-22/h3-14,16,24H,1-2H3. The van der Waals surface area contributed by atoms with Gasteiger partial charge in [0.25, 0.3) is 0 Å². The van der Waals surface area contributed by atoms with Crippen LogP contribution >= 0.6 is 0 Å². The number of carbonyl (C=O) groups is 2. The van der Waals surface area contributed by atoms with E-state index in [1.807, 2.05) is 73.7 Å². The molecule has 1 aliphatic carbocycles. The Labute approximate surface area is 174 Å². The molecule has 5 rings (SSSR count). The smallest absolute Gasteiger partial charge is 0.178 e. The molecule has 2 heterocycles. The Morgan fingerprint density at radius 3 is 2.30 bits per heavy atom. The fourth-order valence-electron chi connectivity index (χ4n) is 4.22. The first-order valence-electron chi connectivity index (χ1n) is 10.0. The monoisotopic (exact) mass is 392 g/mol. The molecule has 0 saturated heterocycles. The minimum Gasteiger partial charge on any atom is -0.293 e. The Kier molecular flexibility index (Phi) is 4.28. The van der Waals surface area contributed by atoms with Gasteiger partial charge >= 0.3 is 0 Å². The molecule has 4 heteroatoms. The van der Waals surface area contributed by atoms with Gasteiger partial charge in [-0.25, -0.2) is 4.98 Å². The van der Waals surface area contributed by atoms with Crippen molar-refractivity contribution < 1.29 is 9.59 Å². The maximum absolute atomic E-state index is 13.0. The van der Waals surface area contributed by atoms with Crippen LogP contribution in [0.4, 0.5) is 0 Å². The molecule has 1 atom stereocenters. The van der Waals surface area contributed by atoms with E-state index in [0.717, 1.165) is 27.4 Å². The summed E-state index contributed by atoms with van der Waals surface area (Å²) in [5.74, 6) is -1.18. The third-order valence-corrected chi connectivity index (χ3v) is 6.03. The largest absolute Gasteiger partial charge is 0.293 e. The van der Waals surface area contributed by atoms with Crippen molar-refractivity contribution in [2.45, 2.75) is 19.8 Å². The molecule has 1 fully saturated rings. The van der Waals surface area contributed by atoms with E-state index in [1.54, 1.807) is 13.1 Å². The summed E-state index contributed by atoms with van der Waals surface area (Å²) < 4.78 is 0. The van der Waals surface area contributed by atoms with E-state index in [4.69, 9.17) is 0 Å². The molecule has 146 valence electrons. The lowest BCUT2D eigenvalue weighted by molar-refractivity contribution is -0.137. The number of para-hydroxylation sites is 1. The fourth-order valence-corrected chi connectivity index (χ4v) is 4.22. The van der Waals surface area contributed by atoms with Gasteiger partial charge in [0.05, 0.1) is 22.7 Å². The SMILES string of the molecule is CC(=C1C(=O)C(C(C)c2cc3ccccc3cn2)C1=O)c1ccc2ccccc2n1. The number of aromatic nitrogens is 2. The van der Waals surface area contributed by atoms with E-state index in [9.17, 15) is 9.59 Å². The number of rotatable bonds is 3. The zero-order chi connectivity index (χ0) is 20.8. The Balaban J connectivity index is 1.46. The number of Topliss-reactive ketones (excluding diaryl/α,β-unsaturated/α-hetero) is 2. The molecule has 0 spiro atoms. The molecule has 0 aliphatic heterocycles. The van der Waals surface area contributed by atoms with E-state index in [1.165, 1.54) is 0 Å². The van der Waals surface area contributed by atoms with Gasteiger partial charge in [-0.15, -0.1) is 0 Å². The highest BCUT2D eigenvalue weighted by atomic mass is 16.2. The summed E-state index contributed by atoms with van der Waals surface area (Å²) in [6.07, 6.45) is 1.80. The average molecular weight is 392 g/mol. The van der Waals surface area contributed by atoms with Crippen LogP contribution in [0.3, 0.4) is 0 Å². The van der Waals surface area contributed by atoms with Gasteiger partial charge in [0.15, 0.2) is 11.6 Å². The third kappa shape index (κ3) is 2.84. The van der Waals surface area contributed by atoms with E-state index in [-0.39, 0.29) is 23.1 Å². The first-order chi connectivity index (χ1) is 14.5. The van der Waals surface area contributed by atoms with Gasteiger partial charge in [-0.2, -0.15) is 0 Å². The molecule has 0 bridgehead atoms. The number of carbonyl (C=O) groups excluding carboxylic acids is 2. The highest BCUT2D eigenvalue weighted by Crippen LogP contribution is 2.40. The number of hydrogen-bond donors (Lipinski definition) is 0. The lowest BCUT2D eigenvalue weighted by Gasteiger charge is -2.32. The van der Waals surface area contributed by atoms with Crippen molar-refractivity contribution in [1.82, 2.24) is 9.97 Å². The van der Waals surface area contributed by atoms with Crippen molar-refractivity contribution in [3.63, 3.8) is 0 Å². The molecule has 4 nitrogen and oxygen atoms in total. The second kappa shape index (κ2) is 6.99. The maximum Gasteiger partial charge on any atom is 0.178 e. The van der Waals surface area contributed by atoms with Crippen LogP contribution in [-0.2, 0) is 9.59 Å². The zero-order valence-electron chi connectivity index (χ0n) is 16.8. The minimum absolute atomic E-state index is 0.116. The van der Waals surface area contributed by atoms with Gasteiger partial charge in [0, 0.05) is 28.6 Å². The highest BCUT2D eigenvalue weighted by Gasteiger charge is 2.48. The predicted molar refractivity (Wildman–Crippen MR) is 118 cm³/mol. The summed E-state index contributed by atoms with van der Waals surface area (Å²) >= 11 is 0. The first kappa shape index (κ1) is 18.4. The summed E-state index contributed by atoms with van der Waals surface area (Å²) in [6.45, 7) is 3.70. The van der Waals surface area contributed by atoms with Crippen LogP contribution in [0.1, 0.15) is 31.2 Å². The Morgan fingerprint density at radius 2 is 1.53 bits per heavy atom. The van der Waals surface area contributed by atoms with Crippen molar-refractivity contribution in [3.8, 4) is 0 Å². The molecule has 0 amide bonds. The highest BCUT2D eigenvalue weighted by molar-refractivity contribution is 6.42. The molecule has 1 unspecified atom stereocenters. The molecule has 1 saturated carbocycles. The number of pyridine rings is 2. The van der Waals surface area contributed by atoms with E-state index < -0.39 is 5.92 Å². The van der Waals surface area contributed by atoms with Crippen LogP contribution in [0.5, 0.6) is 0 Å². The number of nitrogens with zero attached hydrogens (tertiary/aromatic N) is 2. The predicted octanol–water partition coefficient (Wildman–Crippen LogP) is 5.13. The lowest BCUT2D eigenvalue weighted by atomic mass is 9.67. The van der Waals surface area contributed by atoms with E-state index in [2.05, 4.69) is 9.97 Å². The lowest BCUT2D eigenvalue weighted by Crippen LogP contribution is -2.44. The number of benzene rings is 2. The molecule has 0 radical (unpaired) electrons. The number of hydrogen-bond acceptors (Lipinski definition) is 4. The number of allylic oxidation sites excluding steroid dienone is 2. The maximum atomic E-state index is 13.0. The molecular formula is C26H20N2O2. The van der Waals surface area contributed by atoms with Crippen LogP contribution in [-0.4, -0.2) is 21.5 Å². The average Bonchev–Trinajstić information content (AvgIpc) is 2.78. The molecular weight excluding hydrogens is 372 g/mol. The molecule has 4 aromatic rings. The zero-order valence-corrected chi connectivity index (χ0v) is 16.8. The van der Waals surface area contributed by atoms with Crippen molar-refractivity contribution >= 4 is 38.8 Å². The summed E-state index contributed by atoms with van der Waals surface area (Å²) in [4.78, 5) is 35.1. The second-order valence-electron chi connectivity index (χ2n) is 7.84. The number of fused-ring (bicyclic) bond motifs is 2. The molecule has 30 heavy (non-hydrogen) atoms. The number of ketones is 2. The van der Waals surface area contributed by atoms with Gasteiger partial charge in [-0.3, -0.25) is 14.6 Å². The van der Waals surface area contributed by atoms with Crippen molar-refractivity contribution in [1.29, 1.82) is 0 Å². The minimum atomic E-state index is -0.677. The molecule has 1 aliphatic rings. The van der Waals surface area contributed by atoms with Crippen molar-refractivity contribution in [3.05, 3.63) is 89.9 Å². The fraction of sp³-hybridized carbons (Fsp3) is 0.154. The van der Waals surface area contributed by atoms with Crippen LogP contribution in [0, 0.1) is 5.92 Å². The van der Waals surface area contributed by atoms with Gasteiger partial charge in [0.1, 0.15) is 0 Å². The van der Waals surface area contributed by atoms with E-state index in [0.29, 0.717) is 11.3 Å². The third-order valence-electron chi connectivity index (χ3n) is 6.03. The van der Waals surface area contributed by atoms with Crippen LogP contribution in [0.2, 0.25) is 0 Å².